The number of unbranched alkanes of at least 4 members (excludes halogenated alkanes) is 1. The second-order valence-corrected chi connectivity index (χ2v) is 5.33. The first-order valence-corrected chi connectivity index (χ1v) is 7.85. The Morgan fingerprint density at radius 2 is 2.00 bits per heavy atom. The van der Waals surface area contributed by atoms with Crippen molar-refractivity contribution in [1.82, 2.24) is 15.1 Å². The Balaban J connectivity index is 1.68. The molecule has 0 aliphatic carbocycles. The molecule has 2 rings (SSSR count). The van der Waals surface area contributed by atoms with Gasteiger partial charge >= 0.3 is 12.0 Å². The molecule has 7 nitrogen and oxygen atoms in total. The van der Waals surface area contributed by atoms with E-state index in [9.17, 15) is 9.59 Å². The molecule has 0 atom stereocenters. The summed E-state index contributed by atoms with van der Waals surface area (Å²) in [4.78, 5) is 22.7. The van der Waals surface area contributed by atoms with Gasteiger partial charge in [-0.25, -0.2) is 4.79 Å². The molecule has 24 heavy (non-hydrogen) atoms. The molecule has 0 saturated carbocycles. The van der Waals surface area contributed by atoms with E-state index in [4.69, 9.17) is 0 Å². The lowest BCUT2D eigenvalue weighted by molar-refractivity contribution is -0.140. The van der Waals surface area contributed by atoms with Gasteiger partial charge in [0, 0.05) is 19.2 Å². The number of esters is 1. The van der Waals surface area contributed by atoms with Gasteiger partial charge in [0.25, 0.3) is 0 Å². The number of rotatable bonds is 8. The number of nitrogens with one attached hydrogen (secondary N) is 2. The SMILES string of the molecule is COC(=O)CCCCNC(=O)Nc1cnn(Cc2ccccc2)c1. The maximum atomic E-state index is 11.8. The molecule has 0 spiro atoms. The third kappa shape index (κ3) is 6.12. The predicted octanol–water partition coefficient (Wildman–Crippen LogP) is 2.40. The topological polar surface area (TPSA) is 85.2 Å². The van der Waals surface area contributed by atoms with Crippen LogP contribution in [0.3, 0.4) is 0 Å². The summed E-state index contributed by atoms with van der Waals surface area (Å²) in [5, 5.41) is 9.70. The minimum absolute atomic E-state index is 0.231. The van der Waals surface area contributed by atoms with E-state index in [0.29, 0.717) is 31.6 Å². The van der Waals surface area contributed by atoms with Crippen molar-refractivity contribution in [3.05, 3.63) is 48.3 Å². The molecule has 2 amide bonds. The average molecular weight is 330 g/mol. The number of methoxy groups -OCH3 is 1. The fraction of sp³-hybridized carbons (Fsp3) is 0.353. The van der Waals surface area contributed by atoms with E-state index in [-0.39, 0.29) is 12.0 Å². The fourth-order valence-corrected chi connectivity index (χ4v) is 2.16. The second-order valence-electron chi connectivity index (χ2n) is 5.33. The normalized spacial score (nSPS) is 10.2. The van der Waals surface area contributed by atoms with E-state index >= 15 is 0 Å². The van der Waals surface area contributed by atoms with Gasteiger partial charge in [0.2, 0.25) is 0 Å². The Bertz CT molecular complexity index is 655. The molecular weight excluding hydrogens is 308 g/mol. The van der Waals surface area contributed by atoms with E-state index < -0.39 is 0 Å². The van der Waals surface area contributed by atoms with Gasteiger partial charge in [-0.1, -0.05) is 30.3 Å². The van der Waals surface area contributed by atoms with Gasteiger partial charge in [-0.3, -0.25) is 9.48 Å². The number of hydrogen-bond acceptors (Lipinski definition) is 4. The summed E-state index contributed by atoms with van der Waals surface area (Å²) >= 11 is 0. The molecule has 1 aromatic carbocycles. The van der Waals surface area contributed by atoms with Crippen molar-refractivity contribution in [1.29, 1.82) is 0 Å². The fourth-order valence-electron chi connectivity index (χ4n) is 2.16. The lowest BCUT2D eigenvalue weighted by Crippen LogP contribution is -2.29. The van der Waals surface area contributed by atoms with Crippen LogP contribution in [0.15, 0.2) is 42.7 Å². The van der Waals surface area contributed by atoms with Crippen molar-refractivity contribution >= 4 is 17.7 Å². The number of carbonyl (C=O) groups excluding carboxylic acids is 2. The summed E-state index contributed by atoms with van der Waals surface area (Å²) in [6, 6.07) is 9.69. The van der Waals surface area contributed by atoms with Gasteiger partial charge < -0.3 is 15.4 Å². The van der Waals surface area contributed by atoms with E-state index in [2.05, 4.69) is 20.5 Å². The number of carbonyl (C=O) groups is 2. The molecule has 2 aromatic rings. The van der Waals surface area contributed by atoms with Crippen LogP contribution in [0, 0.1) is 0 Å². The van der Waals surface area contributed by atoms with Crippen LogP contribution in [0.4, 0.5) is 10.5 Å². The third-order valence-electron chi connectivity index (χ3n) is 3.40. The van der Waals surface area contributed by atoms with Crippen molar-refractivity contribution in [2.45, 2.75) is 25.8 Å². The molecule has 1 heterocycles. The number of anilines is 1. The number of benzene rings is 1. The summed E-state index contributed by atoms with van der Waals surface area (Å²) in [5.41, 5.74) is 1.78. The van der Waals surface area contributed by atoms with Crippen LogP contribution in [0.25, 0.3) is 0 Å². The van der Waals surface area contributed by atoms with Crippen LogP contribution in [-0.2, 0) is 16.1 Å². The molecule has 0 fully saturated rings. The first-order chi connectivity index (χ1) is 11.7. The molecule has 7 heteroatoms. The van der Waals surface area contributed by atoms with Crippen LogP contribution in [-0.4, -0.2) is 35.4 Å². The maximum Gasteiger partial charge on any atom is 0.319 e. The van der Waals surface area contributed by atoms with Gasteiger partial charge in [0.05, 0.1) is 25.5 Å². The van der Waals surface area contributed by atoms with Crippen LogP contribution in [0.5, 0.6) is 0 Å². The molecule has 0 unspecified atom stereocenters. The monoisotopic (exact) mass is 330 g/mol. The van der Waals surface area contributed by atoms with Crippen molar-refractivity contribution in [3.63, 3.8) is 0 Å². The molecule has 0 radical (unpaired) electrons. The van der Waals surface area contributed by atoms with Crippen molar-refractivity contribution in [2.24, 2.45) is 0 Å². The first-order valence-electron chi connectivity index (χ1n) is 7.85. The largest absolute Gasteiger partial charge is 0.469 e. The Morgan fingerprint density at radius 3 is 2.75 bits per heavy atom. The minimum Gasteiger partial charge on any atom is -0.469 e. The third-order valence-corrected chi connectivity index (χ3v) is 3.40. The average Bonchev–Trinajstić information content (AvgIpc) is 3.02. The lowest BCUT2D eigenvalue weighted by atomic mass is 10.2. The summed E-state index contributed by atoms with van der Waals surface area (Å²) in [7, 11) is 1.37. The number of hydrogen-bond donors (Lipinski definition) is 2. The molecule has 2 N–H and O–H groups in total. The summed E-state index contributed by atoms with van der Waals surface area (Å²) in [5.74, 6) is -0.231. The highest BCUT2D eigenvalue weighted by molar-refractivity contribution is 5.88. The zero-order chi connectivity index (χ0) is 17.2. The Kier molecular flexibility index (Phi) is 6.82. The Labute approximate surface area is 141 Å². The van der Waals surface area contributed by atoms with Crippen LogP contribution >= 0.6 is 0 Å². The second kappa shape index (κ2) is 9.34. The number of nitrogens with zero attached hydrogens (tertiary/aromatic N) is 2. The Morgan fingerprint density at radius 1 is 1.21 bits per heavy atom. The van der Waals surface area contributed by atoms with Crippen LogP contribution in [0.1, 0.15) is 24.8 Å². The highest BCUT2D eigenvalue weighted by atomic mass is 16.5. The highest BCUT2D eigenvalue weighted by Gasteiger charge is 2.05. The van der Waals surface area contributed by atoms with E-state index in [1.54, 1.807) is 17.1 Å². The lowest BCUT2D eigenvalue weighted by Gasteiger charge is -2.05. The van der Waals surface area contributed by atoms with Gasteiger partial charge in [0.1, 0.15) is 0 Å². The zero-order valence-electron chi connectivity index (χ0n) is 13.7. The minimum atomic E-state index is -0.285. The van der Waals surface area contributed by atoms with Crippen molar-refractivity contribution < 1.29 is 14.3 Å². The number of aromatic nitrogens is 2. The number of amides is 2. The zero-order valence-corrected chi connectivity index (χ0v) is 13.7. The first kappa shape index (κ1) is 17.5. The maximum absolute atomic E-state index is 11.8. The van der Waals surface area contributed by atoms with Gasteiger partial charge in [-0.2, -0.15) is 5.10 Å². The molecule has 0 saturated heterocycles. The quantitative estimate of drug-likeness (QED) is 0.575. The molecular formula is C17H22N4O3. The van der Waals surface area contributed by atoms with Gasteiger partial charge in [-0.05, 0) is 18.4 Å². The molecule has 0 aliphatic rings. The highest BCUT2D eigenvalue weighted by Crippen LogP contribution is 2.07. The smallest absolute Gasteiger partial charge is 0.319 e. The summed E-state index contributed by atoms with van der Waals surface area (Å²) in [6.07, 6.45) is 5.16. The summed E-state index contributed by atoms with van der Waals surface area (Å²) in [6.45, 7) is 1.15. The molecule has 1 aromatic heterocycles. The van der Waals surface area contributed by atoms with Gasteiger partial charge in [-0.15, -0.1) is 0 Å². The van der Waals surface area contributed by atoms with E-state index in [1.165, 1.54) is 7.11 Å². The number of urea groups is 1. The Hall–Kier alpha value is -2.83. The van der Waals surface area contributed by atoms with Gasteiger partial charge in [0.15, 0.2) is 0 Å². The molecule has 128 valence electrons. The number of ether oxygens (including phenoxy) is 1. The van der Waals surface area contributed by atoms with Crippen molar-refractivity contribution in [2.75, 3.05) is 19.0 Å². The van der Waals surface area contributed by atoms with Crippen LogP contribution < -0.4 is 10.6 Å². The molecule has 0 bridgehead atoms. The van der Waals surface area contributed by atoms with E-state index in [0.717, 1.165) is 12.0 Å². The van der Waals surface area contributed by atoms with Crippen molar-refractivity contribution in [3.8, 4) is 0 Å². The molecule has 0 aliphatic heterocycles. The van der Waals surface area contributed by atoms with E-state index in [1.807, 2.05) is 30.3 Å². The standard InChI is InChI=1S/C17H22N4O3/c1-24-16(22)9-5-6-10-18-17(23)20-15-11-19-21(13-15)12-14-7-3-2-4-8-14/h2-4,7-8,11,13H,5-6,9-10,12H2,1H3,(H2,18,20,23). The predicted molar refractivity (Wildman–Crippen MR) is 90.7 cm³/mol. The summed E-state index contributed by atoms with van der Waals surface area (Å²) < 4.78 is 6.32. The van der Waals surface area contributed by atoms with Crippen LogP contribution in [0.2, 0.25) is 0 Å².